The van der Waals surface area contributed by atoms with Crippen LogP contribution in [0.25, 0.3) is 0 Å². The van der Waals surface area contributed by atoms with E-state index >= 15 is 0 Å². The van der Waals surface area contributed by atoms with Crippen molar-refractivity contribution in [2.75, 3.05) is 40.0 Å². The van der Waals surface area contributed by atoms with E-state index in [1.54, 1.807) is 12.0 Å². The third-order valence-corrected chi connectivity index (χ3v) is 9.99. The number of benzene rings is 1. The van der Waals surface area contributed by atoms with Gasteiger partial charge in [0.25, 0.3) is 11.8 Å². The third kappa shape index (κ3) is 7.82. The lowest BCUT2D eigenvalue weighted by Gasteiger charge is -2.49. The molecule has 4 heterocycles. The van der Waals surface area contributed by atoms with E-state index in [0.29, 0.717) is 38.3 Å². The Labute approximate surface area is 284 Å². The first kappa shape index (κ1) is 36.4. The van der Waals surface area contributed by atoms with Crippen LogP contribution in [0.2, 0.25) is 0 Å². The lowest BCUT2D eigenvalue weighted by atomic mass is 9.79. The fourth-order valence-electron chi connectivity index (χ4n) is 6.68. The molecule has 2 amide bonds. The Hall–Kier alpha value is -3.85. The molecule has 3 aromatic rings. The number of alkyl halides is 6. The number of rotatable bonds is 11. The van der Waals surface area contributed by atoms with E-state index in [1.807, 2.05) is 18.4 Å². The number of hydrogen-bond acceptors (Lipinski definition) is 7. The topological polar surface area (TPSA) is 81.2 Å². The van der Waals surface area contributed by atoms with Gasteiger partial charge in [0.05, 0.1) is 34.2 Å². The average molecular weight is 714 g/mol. The van der Waals surface area contributed by atoms with E-state index in [9.17, 15) is 35.9 Å². The van der Waals surface area contributed by atoms with Crippen molar-refractivity contribution in [3.63, 3.8) is 0 Å². The summed E-state index contributed by atoms with van der Waals surface area (Å²) in [6.07, 6.45) is -6.15. The first-order valence-electron chi connectivity index (χ1n) is 16.0. The molecule has 15 heteroatoms. The second-order valence-electron chi connectivity index (χ2n) is 12.1. The Balaban J connectivity index is 1.52. The highest BCUT2D eigenvalue weighted by molar-refractivity contribution is 7.10. The Morgan fingerprint density at radius 1 is 1.02 bits per heavy atom. The SMILES string of the molecule is CCC[C@H]1N(C(=O)c2cnccc2C(F)(F)F)CCC[C@@]1(Oc1ccc(C(F)(F)F)cc1)C(=O)N1CCC(c2sccc2OCCOC)C1. The van der Waals surface area contributed by atoms with Gasteiger partial charge in [-0.1, -0.05) is 13.3 Å². The Bertz CT molecular complexity index is 1600. The maximum absolute atomic E-state index is 14.8. The predicted octanol–water partition coefficient (Wildman–Crippen LogP) is 7.44. The minimum absolute atomic E-state index is 0.0306. The zero-order valence-electron chi connectivity index (χ0n) is 27.0. The third-order valence-electron chi connectivity index (χ3n) is 8.93. The molecule has 0 bridgehead atoms. The summed E-state index contributed by atoms with van der Waals surface area (Å²) in [7, 11) is 1.57. The largest absolute Gasteiger partial charge is 0.490 e. The summed E-state index contributed by atoms with van der Waals surface area (Å²) in [5.74, 6) is -0.862. The molecule has 0 aliphatic carbocycles. The van der Waals surface area contributed by atoms with Crippen molar-refractivity contribution in [1.29, 1.82) is 0 Å². The molecule has 0 radical (unpaired) electrons. The van der Waals surface area contributed by atoms with Crippen molar-refractivity contribution in [3.05, 3.63) is 75.7 Å². The Kier molecular flexibility index (Phi) is 11.1. The molecular weight excluding hydrogens is 676 g/mol. The maximum Gasteiger partial charge on any atom is 0.417 e. The smallest absolute Gasteiger partial charge is 0.417 e. The molecule has 266 valence electrons. The number of carbonyl (C=O) groups is 2. The van der Waals surface area contributed by atoms with Gasteiger partial charge in [0.1, 0.15) is 18.1 Å². The van der Waals surface area contributed by atoms with Gasteiger partial charge in [0.15, 0.2) is 0 Å². The van der Waals surface area contributed by atoms with Crippen LogP contribution in [0.3, 0.4) is 0 Å². The minimum atomic E-state index is -4.84. The van der Waals surface area contributed by atoms with Gasteiger partial charge in [-0.15, -0.1) is 11.3 Å². The number of amides is 2. The van der Waals surface area contributed by atoms with Gasteiger partial charge in [0.2, 0.25) is 5.60 Å². The van der Waals surface area contributed by atoms with Gasteiger partial charge >= 0.3 is 12.4 Å². The predicted molar refractivity (Wildman–Crippen MR) is 169 cm³/mol. The summed E-state index contributed by atoms with van der Waals surface area (Å²) in [5.41, 5.74) is -4.53. The van der Waals surface area contributed by atoms with E-state index in [4.69, 9.17) is 14.2 Å². The summed E-state index contributed by atoms with van der Waals surface area (Å²) in [5, 5.41) is 1.90. The van der Waals surface area contributed by atoms with Gasteiger partial charge in [0, 0.05) is 51.5 Å². The highest BCUT2D eigenvalue weighted by atomic mass is 32.1. The van der Waals surface area contributed by atoms with Crippen molar-refractivity contribution in [2.45, 2.75) is 68.9 Å². The number of likely N-dealkylation sites (tertiary alicyclic amines) is 2. The number of pyridine rings is 1. The van der Waals surface area contributed by atoms with Crippen LogP contribution >= 0.6 is 11.3 Å². The molecule has 49 heavy (non-hydrogen) atoms. The van der Waals surface area contributed by atoms with E-state index < -0.39 is 52.5 Å². The molecule has 5 rings (SSSR count). The summed E-state index contributed by atoms with van der Waals surface area (Å²) in [4.78, 5) is 36.4. The standard InChI is InChI=1S/C34H37F6N3O5S/c1-3-5-28-32(48-24-8-6-23(7-9-24)33(35,36)37,13-4-15-43(28)30(44)25-20-41-14-10-26(25)34(38,39)40)31(45)42-16-11-22(21-42)29-27(12-19-49-29)47-18-17-46-2/h6-10,12,14,19-20,22,28H,3-5,11,13,15-18,21H2,1-2H3/t22?,28-,32+/m1/s1. The molecule has 2 aliphatic rings. The quantitative estimate of drug-likeness (QED) is 0.152. The average Bonchev–Trinajstić information content (AvgIpc) is 3.75. The normalized spacial score (nSPS) is 21.6. The van der Waals surface area contributed by atoms with Crippen molar-refractivity contribution in [2.24, 2.45) is 0 Å². The molecule has 1 aromatic carbocycles. The molecule has 2 fully saturated rings. The molecule has 0 saturated carbocycles. The zero-order valence-corrected chi connectivity index (χ0v) is 27.8. The summed E-state index contributed by atoms with van der Waals surface area (Å²) in [6.45, 7) is 3.20. The van der Waals surface area contributed by atoms with E-state index in [0.717, 1.165) is 47.6 Å². The molecule has 3 atom stereocenters. The van der Waals surface area contributed by atoms with Gasteiger partial charge < -0.3 is 24.0 Å². The molecule has 2 aliphatic heterocycles. The van der Waals surface area contributed by atoms with Crippen molar-refractivity contribution >= 4 is 23.2 Å². The second-order valence-corrected chi connectivity index (χ2v) is 13.0. The van der Waals surface area contributed by atoms with Crippen molar-refractivity contribution in [1.82, 2.24) is 14.8 Å². The molecule has 8 nitrogen and oxygen atoms in total. The zero-order chi connectivity index (χ0) is 35.4. The molecule has 2 saturated heterocycles. The Morgan fingerprint density at radius 2 is 1.78 bits per heavy atom. The van der Waals surface area contributed by atoms with Gasteiger partial charge in [-0.25, -0.2) is 0 Å². The lowest BCUT2D eigenvalue weighted by molar-refractivity contribution is -0.158. The van der Waals surface area contributed by atoms with E-state index in [-0.39, 0.29) is 44.0 Å². The lowest BCUT2D eigenvalue weighted by Crippen LogP contribution is -2.67. The van der Waals surface area contributed by atoms with Crippen LogP contribution in [0.4, 0.5) is 26.3 Å². The summed E-state index contributed by atoms with van der Waals surface area (Å²) >= 11 is 1.50. The van der Waals surface area contributed by atoms with Gasteiger partial charge in [-0.2, -0.15) is 26.3 Å². The van der Waals surface area contributed by atoms with Crippen LogP contribution < -0.4 is 9.47 Å². The molecule has 1 unspecified atom stereocenters. The number of aromatic nitrogens is 1. The summed E-state index contributed by atoms with van der Waals surface area (Å²) < 4.78 is 99.6. The number of thiophene rings is 1. The molecule has 0 N–H and O–H groups in total. The Morgan fingerprint density at radius 3 is 2.45 bits per heavy atom. The first-order valence-corrected chi connectivity index (χ1v) is 16.8. The number of piperidine rings is 1. The van der Waals surface area contributed by atoms with Crippen LogP contribution in [-0.4, -0.2) is 78.2 Å². The van der Waals surface area contributed by atoms with Crippen LogP contribution in [-0.2, 0) is 21.9 Å². The van der Waals surface area contributed by atoms with Crippen molar-refractivity contribution < 1.29 is 50.1 Å². The fraction of sp³-hybridized carbons (Fsp3) is 0.500. The molecule has 0 spiro atoms. The minimum Gasteiger partial charge on any atom is -0.490 e. The second kappa shape index (κ2) is 15.0. The highest BCUT2D eigenvalue weighted by Gasteiger charge is 2.56. The fourth-order valence-corrected chi connectivity index (χ4v) is 7.65. The van der Waals surface area contributed by atoms with E-state index in [1.165, 1.54) is 16.2 Å². The highest BCUT2D eigenvalue weighted by Crippen LogP contribution is 2.43. The number of carbonyl (C=O) groups excluding carboxylic acids is 2. The number of hydrogen-bond donors (Lipinski definition) is 0. The maximum atomic E-state index is 14.8. The monoisotopic (exact) mass is 713 g/mol. The van der Waals surface area contributed by atoms with E-state index in [2.05, 4.69) is 4.98 Å². The van der Waals surface area contributed by atoms with Crippen LogP contribution in [0.5, 0.6) is 11.5 Å². The number of methoxy groups -OCH3 is 1. The molecule has 2 aromatic heterocycles. The molecular formula is C34H37F6N3O5S. The van der Waals surface area contributed by atoms with Crippen LogP contribution in [0.15, 0.2) is 54.2 Å². The summed E-state index contributed by atoms with van der Waals surface area (Å²) in [6, 6.07) is 5.46. The number of nitrogens with zero attached hydrogens (tertiary/aromatic N) is 3. The van der Waals surface area contributed by atoms with Gasteiger partial charge in [-0.3, -0.25) is 14.6 Å². The van der Waals surface area contributed by atoms with Gasteiger partial charge in [-0.05, 0) is 61.0 Å². The first-order chi connectivity index (χ1) is 23.3. The van der Waals surface area contributed by atoms with Crippen LogP contribution in [0, 0.1) is 0 Å². The van der Waals surface area contributed by atoms with Crippen molar-refractivity contribution in [3.8, 4) is 11.5 Å². The van der Waals surface area contributed by atoms with Crippen LogP contribution in [0.1, 0.15) is 71.3 Å². The number of halogens is 6. The number of ether oxygens (including phenoxy) is 3.